The van der Waals surface area contributed by atoms with Gasteiger partial charge in [0.25, 0.3) is 5.91 Å². The van der Waals surface area contributed by atoms with Crippen molar-refractivity contribution < 1.29 is 18.8 Å². The minimum Gasteiger partial charge on any atom is -0.497 e. The van der Waals surface area contributed by atoms with E-state index in [9.17, 15) is 4.79 Å². The number of nitrogens with zero attached hydrogens (tertiary/aromatic N) is 3. The van der Waals surface area contributed by atoms with E-state index in [1.54, 1.807) is 14.2 Å². The first-order valence-corrected chi connectivity index (χ1v) is 14.2. The van der Waals surface area contributed by atoms with Gasteiger partial charge in [0.2, 0.25) is 0 Å². The van der Waals surface area contributed by atoms with Crippen LogP contribution in [0.4, 0.5) is 11.6 Å². The molecule has 0 bridgehead atoms. The van der Waals surface area contributed by atoms with Crippen LogP contribution >= 0.6 is 11.6 Å². The predicted octanol–water partition coefficient (Wildman–Crippen LogP) is 4.29. The molecule has 9 nitrogen and oxygen atoms in total. The summed E-state index contributed by atoms with van der Waals surface area (Å²) in [6.45, 7) is 4.02. The average molecular weight is 568 g/mol. The van der Waals surface area contributed by atoms with E-state index < -0.39 is 0 Å². The van der Waals surface area contributed by atoms with Gasteiger partial charge >= 0.3 is 0 Å². The van der Waals surface area contributed by atoms with E-state index in [0.717, 1.165) is 80.7 Å². The van der Waals surface area contributed by atoms with Gasteiger partial charge in [-0.2, -0.15) is 0 Å². The number of aromatic nitrogens is 2. The molecule has 1 aromatic heterocycles. The number of methoxy groups -OCH3 is 2. The predicted molar refractivity (Wildman–Crippen MR) is 159 cm³/mol. The molecule has 2 aromatic carbocycles. The lowest BCUT2D eigenvalue weighted by Gasteiger charge is -2.45. The van der Waals surface area contributed by atoms with Crippen LogP contribution in [0.3, 0.4) is 0 Å². The first kappa shape index (κ1) is 29.4. The maximum Gasteiger partial charge on any atom is 0.274 e. The molecule has 5 N–H and O–H groups in total. The van der Waals surface area contributed by atoms with Crippen LogP contribution in [0.25, 0.3) is 0 Å². The van der Waals surface area contributed by atoms with Gasteiger partial charge in [0.15, 0.2) is 22.5 Å². The van der Waals surface area contributed by atoms with E-state index >= 15 is 0 Å². The summed E-state index contributed by atoms with van der Waals surface area (Å²) in [6.07, 6.45) is 6.03. The summed E-state index contributed by atoms with van der Waals surface area (Å²) < 4.78 is 11.6. The van der Waals surface area contributed by atoms with Gasteiger partial charge in [-0.25, -0.2) is 9.97 Å². The number of carbonyl (C=O) groups excluding carboxylic acids is 1. The standard InChI is InChI=1S/C30H39ClN6O3/c1-39-24-13-9-21(10-14-24)6-3-17-37(18-4-7-22-11-15-25(40-2)16-12-22)19-5-8-23(20-37)34-30(38)26-28(32)36-29(33)27(31)35-26/h9-16,23H,3-8,17-20H2,1-2H3,(H4-,32,33,34,36,38)/p+1/t23-/m0/s1. The van der Waals surface area contributed by atoms with Gasteiger partial charge < -0.3 is 30.7 Å². The highest BCUT2D eigenvalue weighted by molar-refractivity contribution is 6.31. The third-order valence-corrected chi connectivity index (χ3v) is 8.04. The Morgan fingerprint density at radius 3 is 2.00 bits per heavy atom. The smallest absolute Gasteiger partial charge is 0.274 e. The van der Waals surface area contributed by atoms with Crippen LogP contribution in [0, 0.1) is 0 Å². The molecule has 1 aliphatic heterocycles. The number of benzene rings is 2. The van der Waals surface area contributed by atoms with Gasteiger partial charge in [0.05, 0.1) is 46.4 Å². The van der Waals surface area contributed by atoms with E-state index in [1.807, 2.05) is 24.3 Å². The Kier molecular flexibility index (Phi) is 10.1. The Balaban J connectivity index is 1.43. The number of anilines is 2. The maximum atomic E-state index is 13.1. The molecule has 0 radical (unpaired) electrons. The second kappa shape index (κ2) is 13.7. The number of halogens is 1. The fourth-order valence-electron chi connectivity index (χ4n) is 5.64. The molecule has 40 heavy (non-hydrogen) atoms. The number of aryl methyl sites for hydroxylation is 2. The minimum atomic E-state index is -0.367. The maximum absolute atomic E-state index is 13.1. The lowest BCUT2D eigenvalue weighted by Crippen LogP contribution is -2.60. The van der Waals surface area contributed by atoms with Crippen LogP contribution in [0.15, 0.2) is 48.5 Å². The third kappa shape index (κ3) is 7.76. The van der Waals surface area contributed by atoms with Gasteiger partial charge in [-0.05, 0) is 61.1 Å². The van der Waals surface area contributed by atoms with Crippen molar-refractivity contribution in [3.8, 4) is 11.5 Å². The molecular weight excluding hydrogens is 528 g/mol. The number of hydrogen-bond acceptors (Lipinski definition) is 7. The SMILES string of the molecule is COc1ccc(CCC[N+]2(CCCc3ccc(OC)cc3)CCC[C@H](NC(=O)c3nc(Cl)c(N)nc3N)C2)cc1. The number of amides is 1. The summed E-state index contributed by atoms with van der Waals surface area (Å²) in [5.74, 6) is 1.36. The van der Waals surface area contributed by atoms with E-state index in [4.69, 9.17) is 32.5 Å². The van der Waals surface area contributed by atoms with Crippen molar-refractivity contribution in [3.05, 3.63) is 70.5 Å². The summed E-state index contributed by atoms with van der Waals surface area (Å²) in [4.78, 5) is 21.1. The third-order valence-electron chi connectivity index (χ3n) is 7.76. The Hall–Kier alpha value is -3.56. The van der Waals surface area contributed by atoms with Crippen molar-refractivity contribution in [3.63, 3.8) is 0 Å². The second-order valence-corrected chi connectivity index (χ2v) is 10.9. The molecule has 0 aliphatic carbocycles. The van der Waals surface area contributed by atoms with Crippen molar-refractivity contribution >= 4 is 29.1 Å². The molecule has 1 aliphatic rings. The zero-order valence-electron chi connectivity index (χ0n) is 23.4. The molecule has 0 spiro atoms. The number of nitrogen functional groups attached to an aromatic ring is 2. The number of likely N-dealkylation sites (tertiary alicyclic amines) is 1. The molecule has 1 atom stereocenters. The summed E-state index contributed by atoms with van der Waals surface area (Å²) in [5, 5.41) is 3.13. The highest BCUT2D eigenvalue weighted by atomic mass is 35.5. The fourth-order valence-corrected chi connectivity index (χ4v) is 5.77. The summed E-state index contributed by atoms with van der Waals surface area (Å²) >= 11 is 6.02. The molecule has 10 heteroatoms. The van der Waals surface area contributed by atoms with E-state index in [2.05, 4.69) is 39.6 Å². The molecular formula is C30H40ClN6O3+. The minimum absolute atomic E-state index is 0.000696. The number of hydrogen-bond donors (Lipinski definition) is 3. The van der Waals surface area contributed by atoms with Gasteiger partial charge in [-0.1, -0.05) is 35.9 Å². The van der Waals surface area contributed by atoms with Crippen molar-refractivity contribution in [2.45, 2.75) is 44.6 Å². The molecule has 3 aromatic rings. The van der Waals surface area contributed by atoms with Crippen LogP contribution < -0.4 is 26.3 Å². The first-order valence-electron chi connectivity index (χ1n) is 13.8. The molecule has 0 saturated carbocycles. The van der Waals surface area contributed by atoms with Crippen LogP contribution in [0.5, 0.6) is 11.5 Å². The molecule has 4 rings (SSSR count). The van der Waals surface area contributed by atoms with Gasteiger partial charge in [0.1, 0.15) is 11.5 Å². The number of carbonyl (C=O) groups is 1. The highest BCUT2D eigenvalue weighted by Crippen LogP contribution is 2.24. The molecule has 1 fully saturated rings. The largest absolute Gasteiger partial charge is 0.497 e. The van der Waals surface area contributed by atoms with Crippen LogP contribution in [-0.4, -0.2) is 66.8 Å². The lowest BCUT2D eigenvalue weighted by molar-refractivity contribution is -0.933. The summed E-state index contributed by atoms with van der Waals surface area (Å²) in [7, 11) is 3.37. The number of piperidine rings is 1. The van der Waals surface area contributed by atoms with Crippen LogP contribution in [-0.2, 0) is 12.8 Å². The Morgan fingerprint density at radius 2 is 1.48 bits per heavy atom. The first-order chi connectivity index (χ1) is 19.3. The quantitative estimate of drug-likeness (QED) is 0.279. The van der Waals surface area contributed by atoms with E-state index in [-0.39, 0.29) is 34.4 Å². The normalized spacial score (nSPS) is 16.3. The summed E-state index contributed by atoms with van der Waals surface area (Å²) in [5.41, 5.74) is 14.2. The summed E-state index contributed by atoms with van der Waals surface area (Å²) in [6, 6.07) is 16.6. The molecule has 2 heterocycles. The lowest BCUT2D eigenvalue weighted by atomic mass is 9.99. The van der Waals surface area contributed by atoms with E-state index in [1.165, 1.54) is 11.1 Å². The Labute approximate surface area is 241 Å². The number of quaternary nitrogens is 1. The topological polar surface area (TPSA) is 125 Å². The Morgan fingerprint density at radius 1 is 0.925 bits per heavy atom. The number of ether oxygens (including phenoxy) is 2. The van der Waals surface area contributed by atoms with Gasteiger partial charge in [0, 0.05) is 12.8 Å². The van der Waals surface area contributed by atoms with Crippen molar-refractivity contribution in [1.82, 2.24) is 15.3 Å². The van der Waals surface area contributed by atoms with Crippen molar-refractivity contribution in [1.29, 1.82) is 0 Å². The number of nitrogens with two attached hydrogens (primary N) is 2. The average Bonchev–Trinajstić information content (AvgIpc) is 2.96. The fraction of sp³-hybridized carbons (Fsp3) is 0.433. The molecule has 1 saturated heterocycles. The second-order valence-electron chi connectivity index (χ2n) is 10.5. The van der Waals surface area contributed by atoms with Gasteiger partial charge in [-0.15, -0.1) is 0 Å². The number of nitrogens with one attached hydrogen (secondary N) is 1. The molecule has 214 valence electrons. The van der Waals surface area contributed by atoms with Crippen LogP contribution in [0.2, 0.25) is 5.15 Å². The van der Waals surface area contributed by atoms with Gasteiger partial charge in [-0.3, -0.25) is 4.79 Å². The highest BCUT2D eigenvalue weighted by Gasteiger charge is 2.35. The molecule has 0 unspecified atom stereocenters. The molecule has 1 amide bonds. The van der Waals surface area contributed by atoms with E-state index in [0.29, 0.717) is 0 Å². The monoisotopic (exact) mass is 567 g/mol. The van der Waals surface area contributed by atoms with Crippen molar-refractivity contribution in [2.75, 3.05) is 51.9 Å². The zero-order valence-corrected chi connectivity index (χ0v) is 24.1. The van der Waals surface area contributed by atoms with Crippen LogP contribution in [0.1, 0.15) is 47.3 Å². The van der Waals surface area contributed by atoms with Crippen molar-refractivity contribution in [2.24, 2.45) is 0 Å². The zero-order chi connectivity index (χ0) is 28.5. The number of rotatable bonds is 12. The Bertz CT molecular complexity index is 1220.